The maximum Gasteiger partial charge on any atom is 0.422 e. The highest BCUT2D eigenvalue weighted by atomic mass is 16.4. The molecule has 9 heteroatoms. The molecule has 204 valence electrons. The maximum absolute atomic E-state index is 14.8. The second-order valence-electron chi connectivity index (χ2n) is 12.3. The number of carbonyl (C=O) groups is 2. The van der Waals surface area contributed by atoms with Crippen LogP contribution in [0.4, 0.5) is 4.79 Å². The molecule has 2 aromatic rings. The van der Waals surface area contributed by atoms with Gasteiger partial charge in [-0.3, -0.25) is 14.8 Å². The summed E-state index contributed by atoms with van der Waals surface area (Å²) in [7, 11) is 4.16. The molecule has 38 heavy (non-hydrogen) atoms. The van der Waals surface area contributed by atoms with Gasteiger partial charge in [0.2, 0.25) is 0 Å². The van der Waals surface area contributed by atoms with Crippen LogP contribution in [0.2, 0.25) is 0 Å². The first kappa shape index (κ1) is 26.7. The van der Waals surface area contributed by atoms with Gasteiger partial charge < -0.3 is 14.9 Å². The van der Waals surface area contributed by atoms with Crippen LogP contribution < -0.4 is 0 Å². The minimum Gasteiger partial charge on any atom is -0.464 e. The van der Waals surface area contributed by atoms with E-state index in [1.807, 2.05) is 55.3 Å². The van der Waals surface area contributed by atoms with Crippen LogP contribution in [0.25, 0.3) is 0 Å². The van der Waals surface area contributed by atoms with Crippen molar-refractivity contribution >= 4 is 11.9 Å². The highest BCUT2D eigenvalue weighted by Crippen LogP contribution is 2.61. The van der Waals surface area contributed by atoms with Gasteiger partial charge in [0.1, 0.15) is 5.54 Å². The van der Waals surface area contributed by atoms with Crippen LogP contribution in [0.3, 0.4) is 0 Å². The van der Waals surface area contributed by atoms with Crippen molar-refractivity contribution < 1.29 is 14.7 Å². The number of hydrogen-bond acceptors (Lipinski definition) is 7. The zero-order chi connectivity index (χ0) is 27.5. The summed E-state index contributed by atoms with van der Waals surface area (Å²) in [5.74, 6) is -0.824. The van der Waals surface area contributed by atoms with Crippen molar-refractivity contribution in [2.24, 2.45) is 11.3 Å². The van der Waals surface area contributed by atoms with E-state index in [1.54, 1.807) is 12.4 Å². The molecule has 5 atom stereocenters. The standard InChI is InChI=1S/C29H40N6O3/c1-20-23(21-11-7-9-13-30-21)28(3)19-34(27(2)17-32(5)15-16-33(6)18-27)35(26(37)38)29(4,25(28)36)24(20)22-12-8-10-14-31-22/h7-14,20,23-24H,15-19H2,1-6H3,(H,37,38). The fourth-order valence-electron chi connectivity index (χ4n) is 8.06. The molecule has 3 fully saturated rings. The minimum atomic E-state index is -1.34. The molecule has 1 saturated carbocycles. The molecule has 2 saturated heterocycles. The Hall–Kier alpha value is -2.88. The Balaban J connectivity index is 1.76. The predicted octanol–water partition coefficient (Wildman–Crippen LogP) is 3.17. The second-order valence-corrected chi connectivity index (χ2v) is 12.3. The van der Waals surface area contributed by atoms with Gasteiger partial charge in [-0.25, -0.2) is 14.8 Å². The summed E-state index contributed by atoms with van der Waals surface area (Å²) in [5, 5.41) is 14.2. The number of hydrogen-bond donors (Lipinski definition) is 1. The van der Waals surface area contributed by atoms with Crippen LogP contribution >= 0.6 is 0 Å². The number of carbonyl (C=O) groups excluding carboxylic acids is 1. The first-order valence-electron chi connectivity index (χ1n) is 13.5. The van der Waals surface area contributed by atoms with Crippen molar-refractivity contribution in [2.45, 2.75) is 50.6 Å². The highest BCUT2D eigenvalue weighted by Gasteiger charge is 2.71. The Kier molecular flexibility index (Phi) is 6.60. The molecule has 0 spiro atoms. The molecule has 2 aromatic heterocycles. The molecule has 1 N–H and O–H groups in total. The van der Waals surface area contributed by atoms with E-state index in [9.17, 15) is 14.7 Å². The number of hydrazine groups is 1. The average Bonchev–Trinajstić information content (AvgIpc) is 3.00. The smallest absolute Gasteiger partial charge is 0.422 e. The molecule has 5 rings (SSSR count). The van der Waals surface area contributed by atoms with Crippen molar-refractivity contribution in [3.05, 3.63) is 60.2 Å². The molecule has 3 aliphatic rings. The van der Waals surface area contributed by atoms with E-state index in [4.69, 9.17) is 9.97 Å². The van der Waals surface area contributed by atoms with Gasteiger partial charge in [0.25, 0.3) is 0 Å². The summed E-state index contributed by atoms with van der Waals surface area (Å²) in [6.45, 7) is 11.6. The normalized spacial score (nSPS) is 34.6. The molecule has 2 aliphatic heterocycles. The molecule has 5 unspecified atom stereocenters. The topological polar surface area (TPSA) is 93.1 Å². The fraction of sp³-hybridized carbons (Fsp3) is 0.586. The zero-order valence-electron chi connectivity index (χ0n) is 23.3. The number of carboxylic acid groups (broad SMARTS) is 1. The minimum absolute atomic E-state index is 0.0630. The van der Waals surface area contributed by atoms with Gasteiger partial charge >= 0.3 is 6.09 Å². The summed E-state index contributed by atoms with van der Waals surface area (Å²) in [5.41, 5.74) is -1.16. The lowest BCUT2D eigenvalue weighted by Crippen LogP contribution is -2.81. The quantitative estimate of drug-likeness (QED) is 0.660. The van der Waals surface area contributed by atoms with Crippen LogP contribution in [0.15, 0.2) is 48.8 Å². The molecule has 4 heterocycles. The third-order valence-electron chi connectivity index (χ3n) is 9.38. The molecule has 1 amide bonds. The van der Waals surface area contributed by atoms with Gasteiger partial charge in [-0.05, 0) is 58.1 Å². The van der Waals surface area contributed by atoms with Crippen molar-refractivity contribution in [3.63, 3.8) is 0 Å². The van der Waals surface area contributed by atoms with Crippen molar-refractivity contribution in [2.75, 3.05) is 46.8 Å². The largest absolute Gasteiger partial charge is 0.464 e. The van der Waals surface area contributed by atoms with Gasteiger partial charge in [-0.1, -0.05) is 26.0 Å². The lowest BCUT2D eigenvalue weighted by atomic mass is 9.49. The van der Waals surface area contributed by atoms with E-state index < -0.39 is 28.5 Å². The number of nitrogens with zero attached hydrogens (tertiary/aromatic N) is 6. The van der Waals surface area contributed by atoms with Gasteiger partial charge in [-0.2, -0.15) is 0 Å². The molecule has 9 nitrogen and oxygen atoms in total. The molecule has 0 aromatic carbocycles. The first-order valence-corrected chi connectivity index (χ1v) is 13.5. The SMILES string of the molecule is CC1C(c2ccccn2)C2(C)CN(C3(C)CN(C)CCN(C)C3)N(C(=O)O)C(C)(C2=O)C1c1ccccn1. The Bertz CT molecular complexity index is 1180. The number of Topliss-reactive ketones (excluding diaryl/α,β-unsaturated/α-hetero) is 1. The van der Waals surface area contributed by atoms with E-state index >= 15 is 0 Å². The summed E-state index contributed by atoms with van der Waals surface area (Å²) < 4.78 is 0. The fourth-order valence-corrected chi connectivity index (χ4v) is 8.06. The van der Waals surface area contributed by atoms with Gasteiger partial charge in [0, 0.05) is 68.3 Å². The number of pyridine rings is 2. The highest BCUT2D eigenvalue weighted by molar-refractivity contribution is 5.99. The monoisotopic (exact) mass is 520 g/mol. The lowest BCUT2D eigenvalue weighted by Gasteiger charge is -2.66. The third-order valence-corrected chi connectivity index (χ3v) is 9.38. The zero-order valence-corrected chi connectivity index (χ0v) is 23.3. The van der Waals surface area contributed by atoms with Gasteiger partial charge in [-0.15, -0.1) is 0 Å². The Morgan fingerprint density at radius 1 is 0.895 bits per heavy atom. The van der Waals surface area contributed by atoms with E-state index in [0.29, 0.717) is 19.6 Å². The molecule has 2 bridgehead atoms. The number of rotatable bonds is 3. The van der Waals surface area contributed by atoms with Crippen LogP contribution in [0.5, 0.6) is 0 Å². The summed E-state index contributed by atoms with van der Waals surface area (Å²) >= 11 is 0. The first-order chi connectivity index (χ1) is 17.9. The molecule has 0 radical (unpaired) electrons. The van der Waals surface area contributed by atoms with E-state index in [1.165, 1.54) is 5.01 Å². The summed E-state index contributed by atoms with van der Waals surface area (Å²) in [6, 6.07) is 11.5. The van der Waals surface area contributed by atoms with Crippen molar-refractivity contribution in [1.82, 2.24) is 29.8 Å². The van der Waals surface area contributed by atoms with Crippen LogP contribution in [-0.4, -0.2) is 105 Å². The number of aromatic nitrogens is 2. The Labute approximate surface area is 225 Å². The van der Waals surface area contributed by atoms with Crippen molar-refractivity contribution in [1.29, 1.82) is 0 Å². The summed E-state index contributed by atoms with van der Waals surface area (Å²) in [4.78, 5) is 42.0. The molecular formula is C29H40N6O3. The van der Waals surface area contributed by atoms with Gasteiger partial charge in [0.05, 0.1) is 11.0 Å². The Morgan fingerprint density at radius 2 is 1.42 bits per heavy atom. The number of likely N-dealkylation sites (N-methyl/N-ethyl adjacent to an activating group) is 2. The third kappa shape index (κ3) is 3.94. The number of amides is 1. The van der Waals surface area contributed by atoms with E-state index in [0.717, 1.165) is 24.5 Å². The molecule has 1 aliphatic carbocycles. The second kappa shape index (κ2) is 9.39. The van der Waals surface area contributed by atoms with E-state index in [-0.39, 0.29) is 17.6 Å². The predicted molar refractivity (Wildman–Crippen MR) is 145 cm³/mol. The number of fused-ring (bicyclic) bond motifs is 2. The molecular weight excluding hydrogens is 480 g/mol. The van der Waals surface area contributed by atoms with Crippen LogP contribution in [0.1, 0.15) is 50.9 Å². The van der Waals surface area contributed by atoms with E-state index in [2.05, 4.69) is 37.7 Å². The van der Waals surface area contributed by atoms with Gasteiger partial charge in [0.15, 0.2) is 5.78 Å². The van der Waals surface area contributed by atoms with Crippen LogP contribution in [0, 0.1) is 11.3 Å². The average molecular weight is 521 g/mol. The summed E-state index contributed by atoms with van der Waals surface area (Å²) in [6.07, 6.45) is 2.39. The maximum atomic E-state index is 14.8. The van der Waals surface area contributed by atoms with Crippen LogP contribution in [-0.2, 0) is 4.79 Å². The number of ketones is 1. The Morgan fingerprint density at radius 3 is 1.89 bits per heavy atom. The van der Waals surface area contributed by atoms with Crippen molar-refractivity contribution in [3.8, 4) is 0 Å². The lowest BCUT2D eigenvalue weighted by molar-refractivity contribution is -0.223.